The van der Waals surface area contributed by atoms with E-state index in [1.165, 1.54) is 5.56 Å². The second kappa shape index (κ2) is 6.22. The van der Waals surface area contributed by atoms with Gasteiger partial charge in [-0.25, -0.2) is 4.68 Å². The van der Waals surface area contributed by atoms with E-state index in [1.807, 2.05) is 25.1 Å². The van der Waals surface area contributed by atoms with Crippen molar-refractivity contribution in [3.63, 3.8) is 0 Å². The Labute approximate surface area is 118 Å². The number of aromatic nitrogens is 2. The van der Waals surface area contributed by atoms with Crippen molar-refractivity contribution in [2.24, 2.45) is 0 Å². The van der Waals surface area contributed by atoms with Crippen LogP contribution in [-0.2, 0) is 17.7 Å². The van der Waals surface area contributed by atoms with E-state index in [0.717, 1.165) is 5.56 Å². The van der Waals surface area contributed by atoms with Gasteiger partial charge >= 0.3 is 0 Å². The largest absolute Gasteiger partial charge is 0.383 e. The van der Waals surface area contributed by atoms with Gasteiger partial charge in [0.2, 0.25) is 0 Å². The molecule has 1 aromatic heterocycles. The molecular formula is C15H18N4O. The SMILES string of the molecule is COCCn1nc(Cc2cccc(C)c2)c(C#N)c1N. The lowest BCUT2D eigenvalue weighted by Crippen LogP contribution is -2.09. The average molecular weight is 270 g/mol. The molecule has 0 atom stereocenters. The van der Waals surface area contributed by atoms with Crippen LogP contribution in [0.3, 0.4) is 0 Å². The number of aryl methyl sites for hydroxylation is 1. The third kappa shape index (κ3) is 2.98. The zero-order valence-electron chi connectivity index (χ0n) is 11.8. The van der Waals surface area contributed by atoms with Crippen molar-refractivity contribution in [2.45, 2.75) is 19.9 Å². The number of hydrogen-bond acceptors (Lipinski definition) is 4. The molecule has 0 unspecified atom stereocenters. The number of methoxy groups -OCH3 is 1. The van der Waals surface area contributed by atoms with Crippen molar-refractivity contribution in [3.05, 3.63) is 46.6 Å². The number of benzene rings is 1. The molecule has 0 amide bonds. The van der Waals surface area contributed by atoms with E-state index in [-0.39, 0.29) is 0 Å². The van der Waals surface area contributed by atoms with Crippen LogP contribution in [0, 0.1) is 18.3 Å². The third-order valence-electron chi connectivity index (χ3n) is 3.14. The topological polar surface area (TPSA) is 76.9 Å². The van der Waals surface area contributed by atoms with Crippen LogP contribution in [0.5, 0.6) is 0 Å². The van der Waals surface area contributed by atoms with Crippen LogP contribution >= 0.6 is 0 Å². The molecule has 2 aromatic rings. The molecule has 0 spiro atoms. The van der Waals surface area contributed by atoms with Gasteiger partial charge < -0.3 is 10.5 Å². The fraction of sp³-hybridized carbons (Fsp3) is 0.333. The molecule has 2 N–H and O–H groups in total. The number of ether oxygens (including phenoxy) is 1. The fourth-order valence-corrected chi connectivity index (χ4v) is 2.14. The molecule has 0 aliphatic carbocycles. The summed E-state index contributed by atoms with van der Waals surface area (Å²) in [5, 5.41) is 13.7. The molecule has 5 nitrogen and oxygen atoms in total. The van der Waals surface area contributed by atoms with E-state index in [4.69, 9.17) is 10.5 Å². The molecule has 0 saturated heterocycles. The van der Waals surface area contributed by atoms with Gasteiger partial charge in [0.15, 0.2) is 0 Å². The molecule has 0 fully saturated rings. The number of rotatable bonds is 5. The first-order valence-electron chi connectivity index (χ1n) is 6.45. The van der Waals surface area contributed by atoms with Crippen LogP contribution in [0.15, 0.2) is 24.3 Å². The highest BCUT2D eigenvalue weighted by atomic mass is 16.5. The molecule has 104 valence electrons. The van der Waals surface area contributed by atoms with Crippen molar-refractivity contribution in [1.82, 2.24) is 9.78 Å². The van der Waals surface area contributed by atoms with Crippen molar-refractivity contribution in [3.8, 4) is 6.07 Å². The summed E-state index contributed by atoms with van der Waals surface area (Å²) in [6.45, 7) is 3.10. The molecule has 0 saturated carbocycles. The number of anilines is 1. The zero-order valence-corrected chi connectivity index (χ0v) is 11.8. The van der Waals surface area contributed by atoms with E-state index in [1.54, 1.807) is 11.8 Å². The Kier molecular flexibility index (Phi) is 4.38. The lowest BCUT2D eigenvalue weighted by Gasteiger charge is -2.02. The monoisotopic (exact) mass is 270 g/mol. The highest BCUT2D eigenvalue weighted by Gasteiger charge is 2.15. The first-order valence-corrected chi connectivity index (χ1v) is 6.45. The van der Waals surface area contributed by atoms with E-state index >= 15 is 0 Å². The van der Waals surface area contributed by atoms with Crippen molar-refractivity contribution < 1.29 is 4.74 Å². The maximum atomic E-state index is 9.26. The molecule has 1 heterocycles. The quantitative estimate of drug-likeness (QED) is 0.900. The molecule has 20 heavy (non-hydrogen) atoms. The zero-order chi connectivity index (χ0) is 14.5. The Morgan fingerprint density at radius 3 is 2.90 bits per heavy atom. The minimum Gasteiger partial charge on any atom is -0.383 e. The molecule has 0 radical (unpaired) electrons. The van der Waals surface area contributed by atoms with Crippen LogP contribution < -0.4 is 5.73 Å². The van der Waals surface area contributed by atoms with Crippen LogP contribution in [0.4, 0.5) is 5.82 Å². The second-order valence-electron chi connectivity index (χ2n) is 4.70. The molecule has 0 aliphatic heterocycles. The van der Waals surface area contributed by atoms with Gasteiger partial charge in [-0.1, -0.05) is 29.8 Å². The van der Waals surface area contributed by atoms with Gasteiger partial charge in [-0.2, -0.15) is 10.4 Å². The lowest BCUT2D eigenvalue weighted by molar-refractivity contribution is 0.184. The first kappa shape index (κ1) is 14.1. The van der Waals surface area contributed by atoms with Crippen LogP contribution in [0.25, 0.3) is 0 Å². The minimum atomic E-state index is 0.409. The van der Waals surface area contributed by atoms with Crippen LogP contribution in [0.2, 0.25) is 0 Å². The number of nitrogens with zero attached hydrogens (tertiary/aromatic N) is 3. The third-order valence-corrected chi connectivity index (χ3v) is 3.14. The van der Waals surface area contributed by atoms with Crippen LogP contribution in [-0.4, -0.2) is 23.5 Å². The Hall–Kier alpha value is -2.32. The number of nitriles is 1. The van der Waals surface area contributed by atoms with Crippen LogP contribution in [0.1, 0.15) is 22.4 Å². The summed E-state index contributed by atoms with van der Waals surface area (Å²) >= 11 is 0. The maximum absolute atomic E-state index is 9.26. The standard InChI is InChI=1S/C15H18N4O/c1-11-4-3-5-12(8-11)9-14-13(10-16)15(17)19(18-14)6-7-20-2/h3-5,8H,6-7,9,17H2,1-2H3. The predicted octanol–water partition coefficient (Wildman–Crippen LogP) is 1.88. The Morgan fingerprint density at radius 2 is 2.25 bits per heavy atom. The first-order chi connectivity index (χ1) is 9.65. The van der Waals surface area contributed by atoms with E-state index in [9.17, 15) is 5.26 Å². The van der Waals surface area contributed by atoms with Crippen molar-refractivity contribution in [2.75, 3.05) is 19.5 Å². The lowest BCUT2D eigenvalue weighted by atomic mass is 10.1. The van der Waals surface area contributed by atoms with Gasteiger partial charge in [-0.05, 0) is 12.5 Å². The number of nitrogens with two attached hydrogens (primary N) is 1. The summed E-state index contributed by atoms with van der Waals surface area (Å²) in [6, 6.07) is 10.3. The van der Waals surface area contributed by atoms with E-state index in [2.05, 4.69) is 17.2 Å². The van der Waals surface area contributed by atoms with Crippen molar-refractivity contribution >= 4 is 5.82 Å². The smallest absolute Gasteiger partial charge is 0.140 e. The molecule has 0 bridgehead atoms. The molecule has 5 heteroatoms. The van der Waals surface area contributed by atoms with Gasteiger partial charge in [0.1, 0.15) is 17.5 Å². The van der Waals surface area contributed by atoms with Gasteiger partial charge in [0, 0.05) is 13.5 Å². The van der Waals surface area contributed by atoms with Gasteiger partial charge in [-0.3, -0.25) is 0 Å². The molecule has 2 rings (SSSR count). The summed E-state index contributed by atoms with van der Waals surface area (Å²) in [5.41, 5.74) is 9.45. The predicted molar refractivity (Wildman–Crippen MR) is 77.2 cm³/mol. The Morgan fingerprint density at radius 1 is 1.45 bits per heavy atom. The van der Waals surface area contributed by atoms with E-state index < -0.39 is 0 Å². The normalized spacial score (nSPS) is 10.4. The molecule has 1 aromatic carbocycles. The summed E-state index contributed by atoms with van der Waals surface area (Å²) in [5.74, 6) is 0.409. The summed E-state index contributed by atoms with van der Waals surface area (Å²) in [7, 11) is 1.62. The number of hydrogen-bond donors (Lipinski definition) is 1. The maximum Gasteiger partial charge on any atom is 0.140 e. The summed E-state index contributed by atoms with van der Waals surface area (Å²) in [4.78, 5) is 0. The number of nitrogen functional groups attached to an aromatic ring is 1. The minimum absolute atomic E-state index is 0.409. The second-order valence-corrected chi connectivity index (χ2v) is 4.70. The molecular weight excluding hydrogens is 252 g/mol. The summed E-state index contributed by atoms with van der Waals surface area (Å²) < 4.78 is 6.65. The van der Waals surface area contributed by atoms with Crippen molar-refractivity contribution in [1.29, 1.82) is 5.26 Å². The Balaban J connectivity index is 2.29. The average Bonchev–Trinajstić information content (AvgIpc) is 2.72. The summed E-state index contributed by atoms with van der Waals surface area (Å²) in [6.07, 6.45) is 0.606. The van der Waals surface area contributed by atoms with E-state index in [0.29, 0.717) is 36.6 Å². The van der Waals surface area contributed by atoms with Gasteiger partial charge in [-0.15, -0.1) is 0 Å². The highest BCUT2D eigenvalue weighted by Crippen LogP contribution is 2.19. The highest BCUT2D eigenvalue weighted by molar-refractivity contribution is 5.53. The Bertz CT molecular complexity index is 640. The fourth-order valence-electron chi connectivity index (χ4n) is 2.14. The molecule has 0 aliphatic rings. The van der Waals surface area contributed by atoms with Gasteiger partial charge in [0.05, 0.1) is 18.8 Å². The van der Waals surface area contributed by atoms with Gasteiger partial charge in [0.25, 0.3) is 0 Å².